The zero-order valence-corrected chi connectivity index (χ0v) is 17.9. The van der Waals surface area contributed by atoms with Crippen molar-refractivity contribution in [2.45, 2.75) is 45.1 Å². The van der Waals surface area contributed by atoms with Crippen LogP contribution in [0.2, 0.25) is 0 Å². The summed E-state index contributed by atoms with van der Waals surface area (Å²) < 4.78 is 36.3. The summed E-state index contributed by atoms with van der Waals surface area (Å²) in [6.07, 6.45) is 4.36. The number of imidazole rings is 1. The molecule has 31 heavy (non-hydrogen) atoms. The number of nitrogens with one attached hydrogen (secondary N) is 2. The molecule has 2 aliphatic rings. The molecule has 1 unspecified atom stereocenters. The smallest absolute Gasteiger partial charge is 0.168 e. The third kappa shape index (κ3) is 3.60. The lowest BCUT2D eigenvalue weighted by Crippen LogP contribution is -2.31. The lowest BCUT2D eigenvalue weighted by molar-refractivity contribution is 0.145. The van der Waals surface area contributed by atoms with Crippen molar-refractivity contribution in [1.29, 1.82) is 0 Å². The van der Waals surface area contributed by atoms with Crippen LogP contribution in [0.15, 0.2) is 18.3 Å². The zero-order chi connectivity index (χ0) is 21.8. The average Bonchev–Trinajstić information content (AvgIpc) is 3.36. The van der Waals surface area contributed by atoms with Gasteiger partial charge >= 0.3 is 0 Å². The van der Waals surface area contributed by atoms with Crippen LogP contribution in [0.5, 0.6) is 5.75 Å². The maximum Gasteiger partial charge on any atom is 0.168 e. The number of anilines is 1. The third-order valence-corrected chi connectivity index (χ3v) is 6.26. The van der Waals surface area contributed by atoms with E-state index >= 15 is 0 Å². The first-order valence-electron chi connectivity index (χ1n) is 10.6. The SMILES string of the molecule is COc1cc2ncc(-c3nc(NC4CCNC4)c(F)cc3F)n2nc1C1CC(C)(C)C1. The fourth-order valence-corrected chi connectivity index (χ4v) is 4.71. The monoisotopic (exact) mass is 428 g/mol. The summed E-state index contributed by atoms with van der Waals surface area (Å²) in [7, 11) is 1.61. The van der Waals surface area contributed by atoms with Gasteiger partial charge in [-0.3, -0.25) is 0 Å². The molecule has 5 rings (SSSR count). The van der Waals surface area contributed by atoms with Crippen LogP contribution >= 0.6 is 0 Å². The molecule has 1 aliphatic carbocycles. The number of rotatable bonds is 5. The van der Waals surface area contributed by atoms with Crippen molar-refractivity contribution in [3.63, 3.8) is 0 Å². The molecule has 3 aromatic rings. The van der Waals surface area contributed by atoms with E-state index in [4.69, 9.17) is 9.84 Å². The molecule has 1 saturated carbocycles. The van der Waals surface area contributed by atoms with Crippen molar-refractivity contribution < 1.29 is 13.5 Å². The van der Waals surface area contributed by atoms with Crippen molar-refractivity contribution in [3.05, 3.63) is 35.7 Å². The summed E-state index contributed by atoms with van der Waals surface area (Å²) in [5, 5.41) is 11.1. The van der Waals surface area contributed by atoms with Gasteiger partial charge in [0.25, 0.3) is 0 Å². The molecular formula is C22H26F2N6O. The molecule has 1 aliphatic heterocycles. The molecule has 0 radical (unpaired) electrons. The van der Waals surface area contributed by atoms with Crippen molar-refractivity contribution in [2.75, 3.05) is 25.5 Å². The molecule has 0 amide bonds. The lowest BCUT2D eigenvalue weighted by atomic mass is 9.63. The van der Waals surface area contributed by atoms with E-state index in [-0.39, 0.29) is 28.9 Å². The zero-order valence-electron chi connectivity index (χ0n) is 17.9. The fraction of sp³-hybridized carbons (Fsp3) is 0.500. The van der Waals surface area contributed by atoms with E-state index < -0.39 is 11.6 Å². The first kappa shape index (κ1) is 20.1. The summed E-state index contributed by atoms with van der Waals surface area (Å²) in [5.74, 6) is -0.488. The predicted octanol–water partition coefficient (Wildman–Crippen LogP) is 3.76. The number of ether oxygens (including phenoxy) is 1. The average molecular weight is 428 g/mol. The Bertz CT molecular complexity index is 1130. The van der Waals surface area contributed by atoms with Gasteiger partial charge in [0.2, 0.25) is 0 Å². The Morgan fingerprint density at radius 1 is 1.23 bits per heavy atom. The topological polar surface area (TPSA) is 76.4 Å². The molecule has 7 nitrogen and oxygen atoms in total. The van der Waals surface area contributed by atoms with Crippen molar-refractivity contribution in [1.82, 2.24) is 24.9 Å². The molecule has 1 atom stereocenters. The molecule has 1 saturated heterocycles. The molecule has 0 bridgehead atoms. The highest BCUT2D eigenvalue weighted by Gasteiger charge is 2.39. The second-order valence-electron chi connectivity index (χ2n) is 9.26. The minimum absolute atomic E-state index is 0.0138. The van der Waals surface area contributed by atoms with Crippen LogP contribution in [0.1, 0.15) is 44.7 Å². The number of aromatic nitrogens is 4. The maximum absolute atomic E-state index is 14.8. The highest BCUT2D eigenvalue weighted by atomic mass is 19.1. The van der Waals surface area contributed by atoms with Gasteiger partial charge in [0.15, 0.2) is 23.1 Å². The van der Waals surface area contributed by atoms with Crippen molar-refractivity contribution in [2.24, 2.45) is 5.41 Å². The molecule has 0 spiro atoms. The Balaban J connectivity index is 1.57. The van der Waals surface area contributed by atoms with E-state index in [0.29, 0.717) is 23.6 Å². The van der Waals surface area contributed by atoms with Crippen LogP contribution in [0.4, 0.5) is 14.6 Å². The number of halogens is 2. The standard InChI is InChI=1S/C22H26F2N6O/c1-22(2)8-12(9-22)19-17(31-3)7-18-26-11-16(30(18)29-19)20-14(23)6-15(24)21(28-20)27-13-4-5-25-10-13/h6-7,11-13,25H,4-5,8-10H2,1-3H3,(H,27,28). The van der Waals surface area contributed by atoms with Crippen LogP contribution in [0.3, 0.4) is 0 Å². The predicted molar refractivity (Wildman–Crippen MR) is 113 cm³/mol. The fourth-order valence-electron chi connectivity index (χ4n) is 4.71. The Labute approximate surface area is 179 Å². The molecule has 9 heteroatoms. The number of fused-ring (bicyclic) bond motifs is 1. The van der Waals surface area contributed by atoms with Gasteiger partial charge in [-0.15, -0.1) is 0 Å². The van der Waals surface area contributed by atoms with Gasteiger partial charge in [-0.2, -0.15) is 5.10 Å². The summed E-state index contributed by atoms with van der Waals surface area (Å²) in [5.41, 5.74) is 2.01. The first-order chi connectivity index (χ1) is 14.8. The second-order valence-corrected chi connectivity index (χ2v) is 9.26. The highest BCUT2D eigenvalue weighted by molar-refractivity contribution is 5.63. The van der Waals surface area contributed by atoms with Crippen LogP contribution in [0, 0.1) is 17.0 Å². The minimum atomic E-state index is -0.752. The summed E-state index contributed by atoms with van der Waals surface area (Å²) in [6, 6.07) is 2.73. The van der Waals surface area contributed by atoms with E-state index in [0.717, 1.165) is 37.6 Å². The molecule has 2 N–H and O–H groups in total. The van der Waals surface area contributed by atoms with Gasteiger partial charge in [-0.25, -0.2) is 23.3 Å². The van der Waals surface area contributed by atoms with Gasteiger partial charge in [0.1, 0.15) is 22.8 Å². The molecular weight excluding hydrogens is 402 g/mol. The molecule has 4 heterocycles. The Morgan fingerprint density at radius 2 is 2.03 bits per heavy atom. The van der Waals surface area contributed by atoms with Gasteiger partial charge in [-0.05, 0) is 31.2 Å². The second kappa shape index (κ2) is 7.40. The van der Waals surface area contributed by atoms with Gasteiger partial charge in [0, 0.05) is 30.6 Å². The van der Waals surface area contributed by atoms with E-state index in [1.807, 2.05) is 6.07 Å². The van der Waals surface area contributed by atoms with Crippen molar-refractivity contribution >= 4 is 11.5 Å². The van der Waals surface area contributed by atoms with Gasteiger partial charge in [-0.1, -0.05) is 13.8 Å². The van der Waals surface area contributed by atoms with Crippen LogP contribution in [0.25, 0.3) is 17.0 Å². The largest absolute Gasteiger partial charge is 0.495 e. The van der Waals surface area contributed by atoms with E-state index in [9.17, 15) is 8.78 Å². The van der Waals surface area contributed by atoms with Crippen molar-refractivity contribution in [3.8, 4) is 17.1 Å². The third-order valence-electron chi connectivity index (χ3n) is 6.26. The lowest BCUT2D eigenvalue weighted by Gasteiger charge is -2.42. The first-order valence-corrected chi connectivity index (χ1v) is 10.6. The van der Waals surface area contributed by atoms with Crippen LogP contribution in [-0.4, -0.2) is 45.8 Å². The molecule has 164 valence electrons. The molecule has 2 fully saturated rings. The number of methoxy groups -OCH3 is 1. The summed E-state index contributed by atoms with van der Waals surface area (Å²) in [6.45, 7) is 6.02. The minimum Gasteiger partial charge on any atom is -0.495 e. The van der Waals surface area contributed by atoms with E-state index in [2.05, 4.69) is 34.4 Å². The number of hydrogen-bond acceptors (Lipinski definition) is 6. The van der Waals surface area contributed by atoms with E-state index in [1.165, 1.54) is 6.20 Å². The maximum atomic E-state index is 14.8. The Hall–Kier alpha value is -2.81. The number of hydrogen-bond donors (Lipinski definition) is 2. The number of pyridine rings is 1. The summed E-state index contributed by atoms with van der Waals surface area (Å²) >= 11 is 0. The Kier molecular flexibility index (Phi) is 4.80. The number of nitrogens with zero attached hydrogens (tertiary/aromatic N) is 4. The van der Waals surface area contributed by atoms with Crippen LogP contribution in [-0.2, 0) is 0 Å². The highest BCUT2D eigenvalue weighted by Crippen LogP contribution is 2.51. The van der Waals surface area contributed by atoms with E-state index in [1.54, 1.807) is 11.6 Å². The van der Waals surface area contributed by atoms with Gasteiger partial charge in [0.05, 0.1) is 13.3 Å². The quantitative estimate of drug-likeness (QED) is 0.645. The summed E-state index contributed by atoms with van der Waals surface area (Å²) in [4.78, 5) is 8.64. The normalized spacial score (nSPS) is 20.7. The Morgan fingerprint density at radius 3 is 2.71 bits per heavy atom. The molecule has 3 aromatic heterocycles. The molecule has 0 aromatic carbocycles. The van der Waals surface area contributed by atoms with Crippen LogP contribution < -0.4 is 15.4 Å². The van der Waals surface area contributed by atoms with Gasteiger partial charge < -0.3 is 15.4 Å².